The number of methoxy groups -OCH3 is 2. The lowest BCUT2D eigenvalue weighted by Gasteiger charge is -2.24. The molecule has 0 aromatic carbocycles. The number of rotatable bonds is 9. The molecule has 1 heterocycles. The van der Waals surface area contributed by atoms with Crippen molar-refractivity contribution in [3.63, 3.8) is 0 Å². The first kappa shape index (κ1) is 15.0. The third kappa shape index (κ3) is 5.55. The van der Waals surface area contributed by atoms with Gasteiger partial charge in [0, 0.05) is 51.8 Å². The van der Waals surface area contributed by atoms with Gasteiger partial charge in [-0.3, -0.25) is 9.88 Å². The predicted molar refractivity (Wildman–Crippen MR) is 69.4 cm³/mol. The van der Waals surface area contributed by atoms with Crippen molar-refractivity contribution in [3.05, 3.63) is 30.1 Å². The van der Waals surface area contributed by atoms with Crippen LogP contribution in [0.3, 0.4) is 0 Å². The van der Waals surface area contributed by atoms with Gasteiger partial charge in [-0.15, -0.1) is 0 Å². The van der Waals surface area contributed by atoms with Gasteiger partial charge in [0.05, 0.1) is 19.3 Å². The summed E-state index contributed by atoms with van der Waals surface area (Å²) in [5.41, 5.74) is 0.831. The number of aliphatic hydroxyl groups excluding tert-OH is 1. The predicted octanol–water partition coefficient (Wildman–Crippen LogP) is 0.710. The highest BCUT2D eigenvalue weighted by Gasteiger charge is 2.13. The third-order valence-electron chi connectivity index (χ3n) is 2.72. The molecule has 5 nitrogen and oxygen atoms in total. The number of aliphatic hydroxyl groups is 1. The largest absolute Gasteiger partial charge is 0.387 e. The van der Waals surface area contributed by atoms with Gasteiger partial charge in [-0.25, -0.2) is 0 Å². The molecule has 1 N–H and O–H groups in total. The molecule has 0 aliphatic rings. The van der Waals surface area contributed by atoms with E-state index < -0.39 is 6.10 Å². The zero-order valence-corrected chi connectivity index (χ0v) is 11.1. The van der Waals surface area contributed by atoms with Gasteiger partial charge < -0.3 is 14.6 Å². The molecule has 1 aromatic heterocycles. The van der Waals surface area contributed by atoms with Gasteiger partial charge in [-0.1, -0.05) is 6.07 Å². The van der Waals surface area contributed by atoms with Gasteiger partial charge in [0.2, 0.25) is 0 Å². The summed E-state index contributed by atoms with van der Waals surface area (Å²) in [6.45, 7) is 3.39. The van der Waals surface area contributed by atoms with Crippen LogP contribution in [0.25, 0.3) is 0 Å². The van der Waals surface area contributed by atoms with E-state index in [0.29, 0.717) is 19.8 Å². The molecule has 0 fully saturated rings. The molecule has 0 aliphatic heterocycles. The van der Waals surface area contributed by atoms with Crippen molar-refractivity contribution in [3.8, 4) is 0 Å². The number of aromatic nitrogens is 1. The van der Waals surface area contributed by atoms with E-state index in [0.717, 1.165) is 18.7 Å². The fourth-order valence-corrected chi connectivity index (χ4v) is 1.66. The normalized spacial score (nSPS) is 12.9. The Bertz CT molecular complexity index is 300. The number of hydrogen-bond donors (Lipinski definition) is 1. The fourth-order valence-electron chi connectivity index (χ4n) is 1.66. The monoisotopic (exact) mass is 254 g/mol. The molecule has 1 atom stereocenters. The van der Waals surface area contributed by atoms with E-state index >= 15 is 0 Å². The highest BCUT2D eigenvalue weighted by molar-refractivity contribution is 5.12. The SMILES string of the molecule is COCCN(CCOC)CC(O)c1cccnc1. The highest BCUT2D eigenvalue weighted by atomic mass is 16.5. The maximum atomic E-state index is 10.1. The van der Waals surface area contributed by atoms with Crippen molar-refractivity contribution in [2.45, 2.75) is 6.10 Å². The summed E-state index contributed by atoms with van der Waals surface area (Å²) >= 11 is 0. The zero-order valence-electron chi connectivity index (χ0n) is 11.1. The van der Waals surface area contributed by atoms with Crippen LogP contribution in [-0.4, -0.2) is 62.1 Å². The third-order valence-corrected chi connectivity index (χ3v) is 2.72. The lowest BCUT2D eigenvalue weighted by Crippen LogP contribution is -2.34. The molecular formula is C13H22N2O3. The summed E-state index contributed by atoms with van der Waals surface area (Å²) in [6.07, 6.45) is 2.85. The summed E-state index contributed by atoms with van der Waals surface area (Å²) in [5.74, 6) is 0. The molecule has 0 radical (unpaired) electrons. The Morgan fingerprint density at radius 1 is 1.28 bits per heavy atom. The Balaban J connectivity index is 2.47. The number of hydrogen-bond acceptors (Lipinski definition) is 5. The zero-order chi connectivity index (χ0) is 13.2. The number of ether oxygens (including phenoxy) is 2. The first-order valence-electron chi connectivity index (χ1n) is 6.06. The van der Waals surface area contributed by atoms with Crippen LogP contribution in [-0.2, 0) is 9.47 Å². The Hall–Kier alpha value is -1.01. The maximum Gasteiger partial charge on any atom is 0.0931 e. The summed E-state index contributed by atoms with van der Waals surface area (Å²) in [6, 6.07) is 3.70. The number of pyridine rings is 1. The van der Waals surface area contributed by atoms with Gasteiger partial charge in [0.15, 0.2) is 0 Å². The van der Waals surface area contributed by atoms with Gasteiger partial charge in [0.25, 0.3) is 0 Å². The van der Waals surface area contributed by atoms with Crippen LogP contribution in [0.1, 0.15) is 11.7 Å². The van der Waals surface area contributed by atoms with Crippen molar-refractivity contribution in [2.24, 2.45) is 0 Å². The van der Waals surface area contributed by atoms with Gasteiger partial charge >= 0.3 is 0 Å². The molecule has 0 amide bonds. The maximum absolute atomic E-state index is 10.1. The molecule has 18 heavy (non-hydrogen) atoms. The molecule has 102 valence electrons. The molecule has 0 saturated heterocycles. The second-order valence-electron chi connectivity index (χ2n) is 4.09. The smallest absolute Gasteiger partial charge is 0.0931 e. The van der Waals surface area contributed by atoms with Crippen LogP contribution in [0.5, 0.6) is 0 Å². The minimum atomic E-state index is -0.535. The molecule has 0 spiro atoms. The molecule has 1 unspecified atom stereocenters. The summed E-state index contributed by atoms with van der Waals surface area (Å²) < 4.78 is 10.1. The van der Waals surface area contributed by atoms with Crippen LogP contribution in [0.15, 0.2) is 24.5 Å². The second-order valence-corrected chi connectivity index (χ2v) is 4.09. The van der Waals surface area contributed by atoms with Gasteiger partial charge in [-0.05, 0) is 6.07 Å². The Morgan fingerprint density at radius 3 is 2.44 bits per heavy atom. The molecule has 1 rings (SSSR count). The first-order valence-corrected chi connectivity index (χ1v) is 6.06. The van der Waals surface area contributed by atoms with E-state index in [1.165, 1.54) is 0 Å². The lowest BCUT2D eigenvalue weighted by atomic mass is 10.1. The molecular weight excluding hydrogens is 232 g/mol. The molecule has 0 saturated carbocycles. The van der Waals surface area contributed by atoms with Crippen molar-refractivity contribution in [2.75, 3.05) is 47.1 Å². The quantitative estimate of drug-likeness (QED) is 0.703. The summed E-state index contributed by atoms with van der Waals surface area (Å²) in [7, 11) is 3.35. The average Bonchev–Trinajstić information content (AvgIpc) is 2.42. The minimum Gasteiger partial charge on any atom is -0.387 e. The van der Waals surface area contributed by atoms with E-state index in [1.807, 2.05) is 12.1 Å². The fraction of sp³-hybridized carbons (Fsp3) is 0.615. The molecule has 0 aliphatic carbocycles. The van der Waals surface area contributed by atoms with Crippen LogP contribution < -0.4 is 0 Å². The number of nitrogens with zero attached hydrogens (tertiary/aromatic N) is 2. The van der Waals surface area contributed by atoms with E-state index in [4.69, 9.17) is 9.47 Å². The van der Waals surface area contributed by atoms with E-state index in [9.17, 15) is 5.11 Å². The molecule has 1 aromatic rings. The van der Waals surface area contributed by atoms with Gasteiger partial charge in [-0.2, -0.15) is 0 Å². The lowest BCUT2D eigenvalue weighted by molar-refractivity contribution is 0.0695. The molecule has 5 heteroatoms. The van der Waals surface area contributed by atoms with Gasteiger partial charge in [0.1, 0.15) is 0 Å². The average molecular weight is 254 g/mol. The standard InChI is InChI=1S/C13H22N2O3/c1-17-8-6-15(7-9-18-2)11-13(16)12-4-3-5-14-10-12/h3-5,10,13,16H,6-9,11H2,1-2H3. The van der Waals surface area contributed by atoms with E-state index in [-0.39, 0.29) is 0 Å². The Kier molecular flexibility index (Phi) is 7.52. The van der Waals surface area contributed by atoms with Crippen molar-refractivity contribution >= 4 is 0 Å². The van der Waals surface area contributed by atoms with E-state index in [2.05, 4.69) is 9.88 Å². The van der Waals surface area contributed by atoms with Crippen LogP contribution in [0.2, 0.25) is 0 Å². The second kappa shape index (κ2) is 8.99. The first-order chi connectivity index (χ1) is 8.77. The Morgan fingerprint density at radius 2 is 1.94 bits per heavy atom. The van der Waals surface area contributed by atoms with E-state index in [1.54, 1.807) is 26.6 Å². The summed E-state index contributed by atoms with van der Waals surface area (Å²) in [5, 5.41) is 10.1. The van der Waals surface area contributed by atoms with Crippen molar-refractivity contribution in [1.29, 1.82) is 0 Å². The van der Waals surface area contributed by atoms with Crippen molar-refractivity contribution in [1.82, 2.24) is 9.88 Å². The Labute approximate surface area is 108 Å². The van der Waals surface area contributed by atoms with Crippen LogP contribution in [0.4, 0.5) is 0 Å². The molecule has 0 bridgehead atoms. The highest BCUT2D eigenvalue weighted by Crippen LogP contribution is 2.12. The minimum absolute atomic E-state index is 0.535. The van der Waals surface area contributed by atoms with Crippen molar-refractivity contribution < 1.29 is 14.6 Å². The topological polar surface area (TPSA) is 54.8 Å². The van der Waals surface area contributed by atoms with Crippen LogP contribution in [0, 0.1) is 0 Å². The summed E-state index contributed by atoms with van der Waals surface area (Å²) in [4.78, 5) is 6.13. The van der Waals surface area contributed by atoms with Crippen LogP contribution >= 0.6 is 0 Å².